The van der Waals surface area contributed by atoms with Gasteiger partial charge in [0.15, 0.2) is 0 Å². The summed E-state index contributed by atoms with van der Waals surface area (Å²) < 4.78 is 0. The molecule has 4 heterocycles. The highest BCUT2D eigenvalue weighted by molar-refractivity contribution is 7.99. The third-order valence-electron chi connectivity index (χ3n) is 12.2. The number of nitrogens with zero attached hydrogens (tertiary/aromatic N) is 4. The van der Waals surface area contributed by atoms with Crippen LogP contribution < -0.4 is 4.90 Å². The quantitative estimate of drug-likeness (QED) is 0.0569. The molecule has 314 valence electrons. The molecule has 1 unspecified atom stereocenters. The van der Waals surface area contributed by atoms with Gasteiger partial charge in [-0.3, -0.25) is 0 Å². The van der Waals surface area contributed by atoms with Gasteiger partial charge in [-0.1, -0.05) is 153 Å². The molecule has 7 rings (SSSR count). The SMILES string of the molecule is CCCCCCCCC(CCCCCC)Cn1nc2c(-c3ccc(C)s3)ccc(-c3ccc(-c4ccc5c(c4)Sc4cc(C)ccc4N5CCCCCCCC)s3)c2n1. The van der Waals surface area contributed by atoms with Crippen molar-refractivity contribution in [1.82, 2.24) is 15.0 Å². The monoisotopic (exact) mass is 844 g/mol. The van der Waals surface area contributed by atoms with Crippen molar-refractivity contribution in [2.75, 3.05) is 11.4 Å². The second kappa shape index (κ2) is 21.9. The molecule has 4 nitrogen and oxygen atoms in total. The zero-order valence-corrected chi connectivity index (χ0v) is 39.1. The number of unbranched alkanes of at least 4 members (excludes halogenated alkanes) is 13. The molecule has 0 aliphatic carbocycles. The van der Waals surface area contributed by atoms with Gasteiger partial charge in [0.1, 0.15) is 11.0 Å². The maximum absolute atomic E-state index is 5.36. The van der Waals surface area contributed by atoms with Crippen molar-refractivity contribution >= 4 is 56.8 Å². The van der Waals surface area contributed by atoms with Gasteiger partial charge < -0.3 is 4.90 Å². The van der Waals surface area contributed by atoms with Gasteiger partial charge in [-0.2, -0.15) is 15.0 Å². The van der Waals surface area contributed by atoms with Gasteiger partial charge in [-0.25, -0.2) is 0 Å². The fourth-order valence-corrected chi connectivity index (χ4v) is 12.0. The summed E-state index contributed by atoms with van der Waals surface area (Å²) in [6.45, 7) is 13.3. The topological polar surface area (TPSA) is 34.0 Å². The van der Waals surface area contributed by atoms with E-state index in [9.17, 15) is 0 Å². The summed E-state index contributed by atoms with van der Waals surface area (Å²) in [5.74, 6) is 0.614. The van der Waals surface area contributed by atoms with Crippen LogP contribution in [-0.2, 0) is 6.54 Å². The normalized spacial score (nSPS) is 13.0. The van der Waals surface area contributed by atoms with E-state index in [2.05, 4.69) is 117 Å². The average Bonchev–Trinajstić information content (AvgIpc) is 4.01. The van der Waals surface area contributed by atoms with Crippen molar-refractivity contribution in [3.8, 4) is 31.3 Å². The van der Waals surface area contributed by atoms with Crippen LogP contribution in [0.3, 0.4) is 0 Å². The first kappa shape index (κ1) is 43.7. The largest absolute Gasteiger partial charge is 0.340 e. The van der Waals surface area contributed by atoms with E-state index < -0.39 is 0 Å². The van der Waals surface area contributed by atoms with E-state index in [-0.39, 0.29) is 0 Å². The fourth-order valence-electron chi connectivity index (χ4n) is 8.80. The minimum Gasteiger partial charge on any atom is -0.340 e. The molecule has 0 saturated heterocycles. The van der Waals surface area contributed by atoms with Crippen LogP contribution in [0.25, 0.3) is 42.4 Å². The summed E-state index contributed by atoms with van der Waals surface area (Å²) in [5.41, 5.74) is 9.77. The summed E-state index contributed by atoms with van der Waals surface area (Å²) >= 11 is 5.67. The standard InChI is InChI=1S/C52H68N4S3/c1-6-9-12-15-17-20-23-40(22-19-14-11-8-3)37-56-53-51-42(47-31-25-39(5)57-47)27-28-43(52(51)54-56)48-33-32-46(58-48)41-26-30-45-50(36-41)59-49-35-38(4)24-29-44(49)55(45)34-21-18-16-13-10-7-2/h24-33,35-36,40H,6-23,34,37H2,1-5H3. The Morgan fingerprint density at radius 2 is 1.07 bits per heavy atom. The Bertz CT molecular complexity index is 2230. The smallest absolute Gasteiger partial charge is 0.122 e. The number of hydrogen-bond acceptors (Lipinski definition) is 6. The van der Waals surface area contributed by atoms with Crippen LogP contribution in [0.4, 0.5) is 11.4 Å². The Kier molecular flexibility index (Phi) is 16.2. The minimum atomic E-state index is 0.614. The van der Waals surface area contributed by atoms with Gasteiger partial charge in [-0.15, -0.1) is 22.7 Å². The summed E-state index contributed by atoms with van der Waals surface area (Å²) in [6.07, 6.45) is 23.7. The number of thiophene rings is 2. The molecule has 0 spiro atoms. The predicted molar refractivity (Wildman–Crippen MR) is 260 cm³/mol. The van der Waals surface area contributed by atoms with E-state index in [4.69, 9.17) is 10.2 Å². The molecule has 0 N–H and O–H groups in total. The number of fused-ring (bicyclic) bond motifs is 3. The van der Waals surface area contributed by atoms with Crippen molar-refractivity contribution in [1.29, 1.82) is 0 Å². The summed E-state index contributed by atoms with van der Waals surface area (Å²) in [4.78, 5) is 12.5. The highest BCUT2D eigenvalue weighted by atomic mass is 32.2. The molecule has 59 heavy (non-hydrogen) atoms. The number of rotatable bonds is 24. The van der Waals surface area contributed by atoms with Gasteiger partial charge in [0, 0.05) is 47.0 Å². The maximum atomic E-state index is 5.36. The molecule has 1 aliphatic heterocycles. The maximum Gasteiger partial charge on any atom is 0.122 e. The highest BCUT2D eigenvalue weighted by Gasteiger charge is 2.25. The molecular weight excluding hydrogens is 777 g/mol. The van der Waals surface area contributed by atoms with E-state index in [1.165, 1.54) is 179 Å². The van der Waals surface area contributed by atoms with Crippen molar-refractivity contribution in [2.24, 2.45) is 5.92 Å². The van der Waals surface area contributed by atoms with Crippen molar-refractivity contribution in [3.63, 3.8) is 0 Å². The number of benzene rings is 3. The number of hydrogen-bond donors (Lipinski definition) is 0. The van der Waals surface area contributed by atoms with Crippen LogP contribution >= 0.6 is 34.4 Å². The van der Waals surface area contributed by atoms with Crippen LogP contribution in [0.1, 0.15) is 147 Å². The first-order valence-corrected chi connectivity index (χ1v) is 25.7. The van der Waals surface area contributed by atoms with Gasteiger partial charge in [0.2, 0.25) is 0 Å². The lowest BCUT2D eigenvalue weighted by Crippen LogP contribution is -2.22. The molecule has 1 atom stereocenters. The lowest BCUT2D eigenvalue weighted by Gasteiger charge is -2.33. The van der Waals surface area contributed by atoms with Crippen LogP contribution in [-0.4, -0.2) is 21.5 Å². The fraction of sp³-hybridized carbons (Fsp3) is 0.500. The third-order valence-corrected chi connectivity index (χ3v) is 15.5. The van der Waals surface area contributed by atoms with Crippen molar-refractivity contribution < 1.29 is 0 Å². The third kappa shape index (κ3) is 11.3. The lowest BCUT2D eigenvalue weighted by atomic mass is 9.94. The molecule has 3 aromatic carbocycles. The molecule has 0 saturated carbocycles. The van der Waals surface area contributed by atoms with Gasteiger partial charge in [0.25, 0.3) is 0 Å². The van der Waals surface area contributed by atoms with Crippen LogP contribution in [0.15, 0.2) is 82.6 Å². The van der Waals surface area contributed by atoms with Gasteiger partial charge >= 0.3 is 0 Å². The van der Waals surface area contributed by atoms with E-state index >= 15 is 0 Å². The minimum absolute atomic E-state index is 0.614. The van der Waals surface area contributed by atoms with Gasteiger partial charge in [-0.05, 0) is 98.7 Å². The second-order valence-corrected chi connectivity index (χ2v) is 20.6. The lowest BCUT2D eigenvalue weighted by molar-refractivity contribution is 0.327. The van der Waals surface area contributed by atoms with Crippen molar-refractivity contribution in [3.05, 3.63) is 83.2 Å². The molecule has 0 bridgehead atoms. The molecule has 0 radical (unpaired) electrons. The Labute approximate surface area is 368 Å². The van der Waals surface area contributed by atoms with E-state index in [1.807, 2.05) is 34.4 Å². The first-order valence-electron chi connectivity index (χ1n) is 23.2. The zero-order valence-electron chi connectivity index (χ0n) is 36.7. The Morgan fingerprint density at radius 3 is 1.71 bits per heavy atom. The molecule has 0 amide bonds. The summed E-state index contributed by atoms with van der Waals surface area (Å²) in [5, 5.41) is 10.7. The zero-order chi connectivity index (χ0) is 41.0. The average molecular weight is 845 g/mol. The number of anilines is 2. The van der Waals surface area contributed by atoms with E-state index in [1.54, 1.807) is 0 Å². The van der Waals surface area contributed by atoms with Crippen LogP contribution in [0.5, 0.6) is 0 Å². The molecule has 0 fully saturated rings. The summed E-state index contributed by atoms with van der Waals surface area (Å²) in [6, 6.07) is 27.9. The number of aromatic nitrogens is 3. The molecular formula is C52H68N4S3. The Balaban J connectivity index is 1.15. The molecule has 7 heteroatoms. The Morgan fingerprint density at radius 1 is 0.525 bits per heavy atom. The van der Waals surface area contributed by atoms with Crippen LogP contribution in [0.2, 0.25) is 0 Å². The number of aryl methyl sites for hydroxylation is 2. The van der Waals surface area contributed by atoms with Gasteiger partial charge in [0.05, 0.1) is 17.9 Å². The summed E-state index contributed by atoms with van der Waals surface area (Å²) in [7, 11) is 0. The molecule has 3 aromatic heterocycles. The predicted octanol–water partition coefficient (Wildman–Crippen LogP) is 17.5. The Hall–Kier alpha value is -3.39. The highest BCUT2D eigenvalue weighted by Crippen LogP contribution is 2.50. The van der Waals surface area contributed by atoms with Crippen molar-refractivity contribution in [2.45, 2.75) is 167 Å². The molecule has 6 aromatic rings. The first-order chi connectivity index (χ1) is 28.9. The van der Waals surface area contributed by atoms with E-state index in [0.29, 0.717) is 5.92 Å². The second-order valence-electron chi connectivity index (χ2n) is 17.1. The molecule has 1 aliphatic rings. The van der Waals surface area contributed by atoms with Crippen LogP contribution in [0, 0.1) is 19.8 Å². The van der Waals surface area contributed by atoms with E-state index in [0.717, 1.165) is 24.1 Å².